The monoisotopic (exact) mass is 324 g/mol. The van der Waals surface area contributed by atoms with Gasteiger partial charge in [0.15, 0.2) is 0 Å². The maximum absolute atomic E-state index is 11.7. The predicted molar refractivity (Wildman–Crippen MR) is 85.0 cm³/mol. The summed E-state index contributed by atoms with van der Waals surface area (Å²) in [6.45, 7) is 7.94. The summed E-state index contributed by atoms with van der Waals surface area (Å²) < 4.78 is 9.78. The van der Waals surface area contributed by atoms with Crippen molar-refractivity contribution in [1.29, 1.82) is 0 Å². The number of aromatic nitrogens is 2. The zero-order valence-electron chi connectivity index (χ0n) is 13.5. The Balaban J connectivity index is 1.64. The fourth-order valence-electron chi connectivity index (χ4n) is 3.40. The summed E-state index contributed by atoms with van der Waals surface area (Å²) in [5.74, 6) is 0.413. The molecule has 3 rings (SSSR count). The number of likely N-dealkylation sites (N-methyl/N-ethyl adjacent to an activating group) is 1. The van der Waals surface area contributed by atoms with Gasteiger partial charge in [0, 0.05) is 26.6 Å². The molecule has 1 spiro atoms. The number of hydrogen-bond donors (Lipinski definition) is 0. The average molecular weight is 324 g/mol. The van der Waals surface area contributed by atoms with E-state index in [9.17, 15) is 4.79 Å². The third kappa shape index (κ3) is 3.10. The molecule has 22 heavy (non-hydrogen) atoms. The molecule has 1 aromatic heterocycles. The van der Waals surface area contributed by atoms with Gasteiger partial charge in [-0.05, 0) is 36.8 Å². The van der Waals surface area contributed by atoms with Crippen LogP contribution in [0.3, 0.4) is 0 Å². The quantitative estimate of drug-likeness (QED) is 0.855. The van der Waals surface area contributed by atoms with Crippen molar-refractivity contribution in [2.24, 2.45) is 0 Å². The number of ether oxygens (including phenoxy) is 1. The SMILES string of the molecule is CC(C)c1nnsc1CN1CCC[C@@]2(CC1)CN(C)C(=O)O2. The molecule has 2 aliphatic heterocycles. The first-order chi connectivity index (χ1) is 10.5. The van der Waals surface area contributed by atoms with Crippen LogP contribution in [0.5, 0.6) is 0 Å². The van der Waals surface area contributed by atoms with Crippen LogP contribution in [-0.2, 0) is 11.3 Å². The van der Waals surface area contributed by atoms with Gasteiger partial charge in [0.2, 0.25) is 0 Å². The molecule has 1 atom stereocenters. The van der Waals surface area contributed by atoms with E-state index in [1.54, 1.807) is 4.90 Å². The maximum atomic E-state index is 11.7. The molecule has 0 saturated carbocycles. The highest BCUT2D eigenvalue weighted by atomic mass is 32.1. The number of amides is 1. The second-order valence-corrected chi connectivity index (χ2v) is 7.61. The van der Waals surface area contributed by atoms with Crippen LogP contribution in [0.15, 0.2) is 0 Å². The van der Waals surface area contributed by atoms with E-state index in [1.165, 1.54) is 16.4 Å². The highest BCUT2D eigenvalue weighted by Gasteiger charge is 2.44. The van der Waals surface area contributed by atoms with Gasteiger partial charge in [-0.15, -0.1) is 5.10 Å². The molecule has 1 amide bonds. The lowest BCUT2D eigenvalue weighted by Gasteiger charge is -2.25. The highest BCUT2D eigenvalue weighted by molar-refractivity contribution is 7.05. The van der Waals surface area contributed by atoms with Gasteiger partial charge in [0.1, 0.15) is 5.60 Å². The number of rotatable bonds is 3. The predicted octanol–water partition coefficient (Wildman–Crippen LogP) is 2.47. The van der Waals surface area contributed by atoms with Crippen LogP contribution in [0.1, 0.15) is 49.6 Å². The smallest absolute Gasteiger partial charge is 0.410 e. The van der Waals surface area contributed by atoms with E-state index in [0.29, 0.717) is 5.92 Å². The Bertz CT molecular complexity index is 547. The van der Waals surface area contributed by atoms with E-state index in [0.717, 1.165) is 51.1 Å². The standard InChI is InChI=1S/C15H24N4O2S/c1-11(2)13-12(22-17-16-13)9-19-7-4-5-15(6-8-19)10-18(3)14(20)21-15/h11H,4-10H2,1-3H3/t15-/m1/s1. The van der Waals surface area contributed by atoms with Gasteiger partial charge in [-0.25, -0.2) is 4.79 Å². The van der Waals surface area contributed by atoms with E-state index in [4.69, 9.17) is 4.74 Å². The minimum Gasteiger partial charge on any atom is -0.441 e. The Kier molecular flexibility index (Phi) is 4.36. The van der Waals surface area contributed by atoms with Crippen LogP contribution >= 0.6 is 11.5 Å². The van der Waals surface area contributed by atoms with Crippen molar-refractivity contribution in [3.8, 4) is 0 Å². The third-order valence-corrected chi connectivity index (χ3v) is 5.35. The summed E-state index contributed by atoms with van der Waals surface area (Å²) in [6.07, 6.45) is 2.75. The fraction of sp³-hybridized carbons (Fsp3) is 0.800. The average Bonchev–Trinajstić information content (AvgIpc) is 2.96. The Morgan fingerprint density at radius 2 is 2.18 bits per heavy atom. The molecule has 2 saturated heterocycles. The molecule has 2 aliphatic rings. The minimum absolute atomic E-state index is 0.179. The summed E-state index contributed by atoms with van der Waals surface area (Å²) in [5, 5.41) is 4.26. The lowest BCUT2D eigenvalue weighted by molar-refractivity contribution is 0.0443. The van der Waals surface area contributed by atoms with Crippen molar-refractivity contribution in [1.82, 2.24) is 19.4 Å². The van der Waals surface area contributed by atoms with Crippen molar-refractivity contribution in [2.75, 3.05) is 26.7 Å². The zero-order valence-corrected chi connectivity index (χ0v) is 14.4. The number of hydrogen-bond acceptors (Lipinski definition) is 6. The summed E-state index contributed by atoms with van der Waals surface area (Å²) in [7, 11) is 1.82. The highest BCUT2D eigenvalue weighted by Crippen LogP contribution is 2.33. The largest absolute Gasteiger partial charge is 0.441 e. The summed E-state index contributed by atoms with van der Waals surface area (Å²) in [5.41, 5.74) is 0.851. The molecule has 0 aliphatic carbocycles. The molecule has 122 valence electrons. The first-order valence-electron chi connectivity index (χ1n) is 7.97. The molecular formula is C15H24N4O2S. The summed E-state index contributed by atoms with van der Waals surface area (Å²) >= 11 is 1.51. The normalized spacial score (nSPS) is 26.7. The number of carbonyl (C=O) groups excluding carboxylic acids is 1. The topological polar surface area (TPSA) is 58.6 Å². The summed E-state index contributed by atoms with van der Waals surface area (Å²) in [6, 6.07) is 0. The van der Waals surface area contributed by atoms with Gasteiger partial charge < -0.3 is 9.64 Å². The molecular weight excluding hydrogens is 300 g/mol. The van der Waals surface area contributed by atoms with Crippen LogP contribution in [-0.4, -0.2) is 57.8 Å². The molecule has 0 radical (unpaired) electrons. The lowest BCUT2D eigenvalue weighted by atomic mass is 9.95. The number of carbonyl (C=O) groups is 1. The number of likely N-dealkylation sites (tertiary alicyclic amines) is 1. The van der Waals surface area contributed by atoms with Crippen molar-refractivity contribution in [2.45, 2.75) is 51.2 Å². The Hall–Kier alpha value is -1.21. The van der Waals surface area contributed by atoms with Crippen LogP contribution in [0, 0.1) is 0 Å². The molecule has 0 unspecified atom stereocenters. The molecule has 7 heteroatoms. The van der Waals surface area contributed by atoms with Crippen LogP contribution in [0.25, 0.3) is 0 Å². The van der Waals surface area contributed by atoms with Crippen LogP contribution < -0.4 is 0 Å². The van der Waals surface area contributed by atoms with E-state index >= 15 is 0 Å². The van der Waals surface area contributed by atoms with E-state index in [2.05, 4.69) is 28.3 Å². The van der Waals surface area contributed by atoms with Crippen LogP contribution in [0.2, 0.25) is 0 Å². The van der Waals surface area contributed by atoms with Gasteiger partial charge in [-0.3, -0.25) is 4.90 Å². The molecule has 0 aromatic carbocycles. The van der Waals surface area contributed by atoms with E-state index < -0.39 is 0 Å². The fourth-order valence-corrected chi connectivity index (χ4v) is 4.24. The third-order valence-electron chi connectivity index (χ3n) is 4.63. The van der Waals surface area contributed by atoms with Gasteiger partial charge in [-0.1, -0.05) is 18.3 Å². The molecule has 2 fully saturated rings. The minimum atomic E-state index is -0.270. The van der Waals surface area contributed by atoms with Gasteiger partial charge in [0.25, 0.3) is 0 Å². The van der Waals surface area contributed by atoms with Gasteiger partial charge in [-0.2, -0.15) is 0 Å². The summed E-state index contributed by atoms with van der Waals surface area (Å²) in [4.78, 5) is 17.1. The lowest BCUT2D eigenvalue weighted by Crippen LogP contribution is -2.35. The second-order valence-electron chi connectivity index (χ2n) is 6.77. The molecule has 0 bridgehead atoms. The van der Waals surface area contributed by atoms with Crippen molar-refractivity contribution in [3.63, 3.8) is 0 Å². The molecule has 1 aromatic rings. The Morgan fingerprint density at radius 3 is 2.86 bits per heavy atom. The van der Waals surface area contributed by atoms with Crippen molar-refractivity contribution in [3.05, 3.63) is 10.6 Å². The van der Waals surface area contributed by atoms with E-state index in [-0.39, 0.29) is 11.7 Å². The first-order valence-corrected chi connectivity index (χ1v) is 8.74. The second kappa shape index (κ2) is 6.12. The Morgan fingerprint density at radius 1 is 1.36 bits per heavy atom. The van der Waals surface area contributed by atoms with Crippen molar-refractivity contribution < 1.29 is 9.53 Å². The number of nitrogens with zero attached hydrogens (tertiary/aromatic N) is 4. The van der Waals surface area contributed by atoms with Crippen LogP contribution in [0.4, 0.5) is 4.79 Å². The molecule has 0 N–H and O–H groups in total. The zero-order chi connectivity index (χ0) is 15.7. The van der Waals surface area contributed by atoms with E-state index in [1.807, 2.05) is 7.05 Å². The molecule has 3 heterocycles. The first kappa shape index (κ1) is 15.7. The Labute approximate surface area is 135 Å². The molecule has 6 nitrogen and oxygen atoms in total. The van der Waals surface area contributed by atoms with Crippen molar-refractivity contribution >= 4 is 17.6 Å². The van der Waals surface area contributed by atoms with Gasteiger partial charge >= 0.3 is 6.09 Å². The maximum Gasteiger partial charge on any atom is 0.410 e. The van der Waals surface area contributed by atoms with Gasteiger partial charge in [0.05, 0.1) is 17.1 Å².